The van der Waals surface area contributed by atoms with Gasteiger partial charge < -0.3 is 0 Å². The molecule has 0 radical (unpaired) electrons. The maximum atomic E-state index is 3.93. The number of fused-ring (bicyclic) bond motifs is 5. The Bertz CT molecular complexity index is 1780. The standard InChI is InChI=1S/C36H40SSi2/c1-7-38(8-2,9-3)23-21-29-27-17-13-14-18-28(27)30(22-24-39(10-4,11-5)12-6)33-26-36-34(25-32(29)33)31-19-15-16-20-35(31)37-36/h13-20,25-26H,7-12H2,1-6H3. The van der Waals surface area contributed by atoms with Gasteiger partial charge in [0.2, 0.25) is 0 Å². The zero-order valence-corrected chi connectivity index (χ0v) is 27.2. The molecule has 0 aliphatic carbocycles. The van der Waals surface area contributed by atoms with Gasteiger partial charge in [-0.2, -0.15) is 0 Å². The summed E-state index contributed by atoms with van der Waals surface area (Å²) in [7, 11) is -3.21. The van der Waals surface area contributed by atoms with Crippen LogP contribution in [0.4, 0.5) is 0 Å². The van der Waals surface area contributed by atoms with Crippen molar-refractivity contribution >= 4 is 69.2 Å². The van der Waals surface area contributed by atoms with Gasteiger partial charge in [-0.15, -0.1) is 22.4 Å². The number of hydrogen-bond donors (Lipinski definition) is 0. The Morgan fingerprint density at radius 3 is 1.41 bits per heavy atom. The van der Waals surface area contributed by atoms with Crippen LogP contribution in [0.1, 0.15) is 52.7 Å². The van der Waals surface area contributed by atoms with E-state index in [1.807, 2.05) is 11.3 Å². The fourth-order valence-electron chi connectivity index (χ4n) is 6.08. The summed E-state index contributed by atoms with van der Waals surface area (Å²) in [4.78, 5) is 0. The molecule has 0 aliphatic heterocycles. The third-order valence-corrected chi connectivity index (χ3v) is 20.1. The highest BCUT2D eigenvalue weighted by atomic mass is 32.1. The van der Waals surface area contributed by atoms with E-state index in [9.17, 15) is 0 Å². The quantitative estimate of drug-likeness (QED) is 0.110. The first kappa shape index (κ1) is 27.7. The third-order valence-electron chi connectivity index (χ3n) is 9.49. The molecule has 0 aliphatic rings. The van der Waals surface area contributed by atoms with Gasteiger partial charge in [-0.25, -0.2) is 0 Å². The molecule has 0 nitrogen and oxygen atoms in total. The minimum Gasteiger partial charge on any atom is -0.135 e. The molecule has 0 fully saturated rings. The van der Waals surface area contributed by atoms with Crippen molar-refractivity contribution in [2.75, 3.05) is 0 Å². The lowest BCUT2D eigenvalue weighted by atomic mass is 9.91. The molecular formula is C36H40SSi2. The average molecular weight is 561 g/mol. The van der Waals surface area contributed by atoms with Crippen LogP contribution in [0, 0.1) is 22.9 Å². The molecule has 0 N–H and O–H groups in total. The van der Waals surface area contributed by atoms with Crippen LogP contribution in [0.25, 0.3) is 41.7 Å². The second-order valence-corrected chi connectivity index (χ2v) is 21.9. The van der Waals surface area contributed by atoms with E-state index in [1.54, 1.807) is 0 Å². The van der Waals surface area contributed by atoms with E-state index < -0.39 is 16.1 Å². The molecule has 0 saturated heterocycles. The Kier molecular flexibility index (Phi) is 8.07. The lowest BCUT2D eigenvalue weighted by Crippen LogP contribution is -2.29. The maximum Gasteiger partial charge on any atom is 0.138 e. The number of thiophene rings is 1. The predicted molar refractivity (Wildman–Crippen MR) is 182 cm³/mol. The van der Waals surface area contributed by atoms with Gasteiger partial charge in [0, 0.05) is 36.7 Å². The van der Waals surface area contributed by atoms with E-state index in [-0.39, 0.29) is 0 Å². The number of rotatable bonds is 6. The zero-order valence-electron chi connectivity index (χ0n) is 24.4. The predicted octanol–water partition coefficient (Wildman–Crippen LogP) is 11.2. The molecule has 4 aromatic carbocycles. The van der Waals surface area contributed by atoms with Crippen molar-refractivity contribution in [3.05, 3.63) is 71.8 Å². The van der Waals surface area contributed by atoms with Crippen molar-refractivity contribution in [3.8, 4) is 22.9 Å². The molecule has 0 unspecified atom stereocenters. The lowest BCUT2D eigenvalue weighted by molar-refractivity contribution is 1.20. The normalized spacial score (nSPS) is 12.1. The number of hydrogen-bond acceptors (Lipinski definition) is 1. The van der Waals surface area contributed by atoms with Crippen molar-refractivity contribution in [1.82, 2.24) is 0 Å². The molecule has 0 spiro atoms. The van der Waals surface area contributed by atoms with Crippen LogP contribution >= 0.6 is 11.3 Å². The maximum absolute atomic E-state index is 3.93. The zero-order chi connectivity index (χ0) is 27.6. The second-order valence-electron chi connectivity index (χ2n) is 11.0. The Hall–Kier alpha value is -2.83. The van der Waals surface area contributed by atoms with E-state index in [0.29, 0.717) is 0 Å². The van der Waals surface area contributed by atoms with Crippen LogP contribution < -0.4 is 0 Å². The second kappa shape index (κ2) is 11.3. The summed E-state index contributed by atoms with van der Waals surface area (Å²) < 4.78 is 2.68. The fourth-order valence-corrected chi connectivity index (χ4v) is 12.1. The first-order valence-corrected chi connectivity index (χ1v) is 20.9. The van der Waals surface area contributed by atoms with Crippen LogP contribution in [0.5, 0.6) is 0 Å². The Balaban J connectivity index is 1.95. The molecule has 3 heteroatoms. The van der Waals surface area contributed by atoms with Crippen LogP contribution in [0.2, 0.25) is 36.3 Å². The molecule has 198 valence electrons. The van der Waals surface area contributed by atoms with Crippen LogP contribution in [0.3, 0.4) is 0 Å². The topological polar surface area (TPSA) is 0 Å². The highest BCUT2D eigenvalue weighted by molar-refractivity contribution is 7.25. The summed E-state index contributed by atoms with van der Waals surface area (Å²) in [5, 5.41) is 7.73. The average Bonchev–Trinajstić information content (AvgIpc) is 3.36. The Morgan fingerprint density at radius 1 is 0.487 bits per heavy atom. The molecule has 0 amide bonds. The van der Waals surface area contributed by atoms with Crippen LogP contribution in [0.15, 0.2) is 60.7 Å². The Labute approximate surface area is 240 Å². The first-order chi connectivity index (χ1) is 19.0. The SMILES string of the molecule is CC[Si](C#Cc1c2ccccc2c(C#C[Si](CC)(CC)CC)c2cc3c(cc12)sc1ccccc13)(CC)CC. The van der Waals surface area contributed by atoms with Gasteiger partial charge in [-0.3, -0.25) is 0 Å². The van der Waals surface area contributed by atoms with Crippen molar-refractivity contribution in [2.24, 2.45) is 0 Å². The molecule has 39 heavy (non-hydrogen) atoms. The summed E-state index contributed by atoms with van der Waals surface area (Å²) in [5.74, 6) is 7.67. The van der Waals surface area contributed by atoms with Crippen molar-refractivity contribution < 1.29 is 0 Å². The van der Waals surface area contributed by atoms with Gasteiger partial charge in [0.05, 0.1) is 0 Å². The molecule has 0 saturated carbocycles. The van der Waals surface area contributed by atoms with Gasteiger partial charge >= 0.3 is 0 Å². The lowest BCUT2D eigenvalue weighted by Gasteiger charge is -2.21. The van der Waals surface area contributed by atoms with E-state index in [0.717, 1.165) is 0 Å². The molecule has 1 aromatic heterocycles. The van der Waals surface area contributed by atoms with Gasteiger partial charge in [-0.1, -0.05) is 95.8 Å². The van der Waals surface area contributed by atoms with Crippen molar-refractivity contribution in [2.45, 2.75) is 77.8 Å². The van der Waals surface area contributed by atoms with Gasteiger partial charge in [-0.05, 0) is 70.6 Å². The first-order valence-electron chi connectivity index (χ1n) is 14.8. The van der Waals surface area contributed by atoms with Gasteiger partial charge in [0.1, 0.15) is 16.1 Å². The Morgan fingerprint density at radius 2 is 0.923 bits per heavy atom. The monoisotopic (exact) mass is 560 g/mol. The van der Waals surface area contributed by atoms with E-state index in [1.165, 1.54) is 89.1 Å². The highest BCUT2D eigenvalue weighted by Crippen LogP contribution is 2.40. The van der Waals surface area contributed by atoms with E-state index in [4.69, 9.17) is 0 Å². The fraction of sp³-hybridized carbons (Fsp3) is 0.333. The minimum atomic E-state index is -1.61. The summed E-state index contributed by atoms with van der Waals surface area (Å²) >= 11 is 1.89. The van der Waals surface area contributed by atoms with E-state index >= 15 is 0 Å². The molecule has 0 bridgehead atoms. The molecule has 5 aromatic rings. The third kappa shape index (κ3) is 4.87. The molecular weight excluding hydrogens is 521 g/mol. The highest BCUT2D eigenvalue weighted by Gasteiger charge is 2.26. The van der Waals surface area contributed by atoms with Gasteiger partial charge in [0.25, 0.3) is 0 Å². The van der Waals surface area contributed by atoms with Crippen molar-refractivity contribution in [1.29, 1.82) is 0 Å². The molecule has 5 rings (SSSR count). The summed E-state index contributed by atoms with van der Waals surface area (Å²) in [6.07, 6.45) is 0. The van der Waals surface area contributed by atoms with E-state index in [2.05, 4.69) is 125 Å². The molecule has 0 atom stereocenters. The van der Waals surface area contributed by atoms with Gasteiger partial charge in [0.15, 0.2) is 0 Å². The largest absolute Gasteiger partial charge is 0.138 e. The summed E-state index contributed by atoms with van der Waals surface area (Å²) in [6, 6.07) is 29.8. The smallest absolute Gasteiger partial charge is 0.135 e. The van der Waals surface area contributed by atoms with Crippen molar-refractivity contribution in [3.63, 3.8) is 0 Å². The minimum absolute atomic E-state index is 1.19. The van der Waals surface area contributed by atoms with Crippen LogP contribution in [-0.4, -0.2) is 16.1 Å². The summed E-state index contributed by atoms with van der Waals surface area (Å²) in [5.41, 5.74) is 10.2. The number of benzene rings is 4. The molecule has 1 heterocycles. The van der Waals surface area contributed by atoms with Crippen LogP contribution in [-0.2, 0) is 0 Å². The summed E-state index contributed by atoms with van der Waals surface area (Å²) in [6.45, 7) is 14.1.